The van der Waals surface area contributed by atoms with E-state index in [0.717, 1.165) is 6.42 Å². The number of rotatable bonds is 8. The van der Waals surface area contributed by atoms with Crippen molar-refractivity contribution in [2.75, 3.05) is 19.8 Å². The van der Waals surface area contributed by atoms with Crippen LogP contribution in [0, 0.1) is 5.92 Å². The molecular weight excluding hydrogens is 194 g/mol. The van der Waals surface area contributed by atoms with Crippen LogP contribution in [0.2, 0.25) is 0 Å². The van der Waals surface area contributed by atoms with Gasteiger partial charge in [0, 0.05) is 19.6 Å². The van der Waals surface area contributed by atoms with Crippen molar-refractivity contribution in [3.63, 3.8) is 0 Å². The average Bonchev–Trinajstić information content (AvgIpc) is 2.25. The second-order valence-corrected chi connectivity index (χ2v) is 3.70. The Labute approximate surface area is 92.0 Å². The van der Waals surface area contributed by atoms with Crippen LogP contribution in [0.1, 0.15) is 33.6 Å². The van der Waals surface area contributed by atoms with E-state index in [1.165, 1.54) is 0 Å². The summed E-state index contributed by atoms with van der Waals surface area (Å²) in [5.41, 5.74) is 0. The molecule has 0 heterocycles. The quantitative estimate of drug-likeness (QED) is 0.595. The zero-order valence-corrected chi connectivity index (χ0v) is 9.95. The summed E-state index contributed by atoms with van der Waals surface area (Å²) in [5.74, 6) is 0.156. The van der Waals surface area contributed by atoms with Gasteiger partial charge >= 0.3 is 0 Å². The molecule has 15 heavy (non-hydrogen) atoms. The topological polar surface area (TPSA) is 58.6 Å². The minimum Gasteiger partial charge on any atom is -0.391 e. The fourth-order valence-corrected chi connectivity index (χ4v) is 1.09. The molecule has 0 saturated heterocycles. The molecule has 0 aliphatic rings. The lowest BCUT2D eigenvalue weighted by Crippen LogP contribution is -2.35. The molecular formula is C11H23NO3. The van der Waals surface area contributed by atoms with Crippen molar-refractivity contribution < 1.29 is 14.6 Å². The molecule has 4 heteroatoms. The molecule has 2 unspecified atom stereocenters. The Morgan fingerprint density at radius 1 is 1.47 bits per heavy atom. The zero-order valence-electron chi connectivity index (χ0n) is 9.95. The highest BCUT2D eigenvalue weighted by atomic mass is 16.5. The summed E-state index contributed by atoms with van der Waals surface area (Å²) < 4.78 is 5.06. The highest BCUT2D eigenvalue weighted by molar-refractivity contribution is 5.75. The SMILES string of the molecule is CCOCCC(=O)NCC(O)C(C)CC. The Morgan fingerprint density at radius 2 is 2.13 bits per heavy atom. The van der Waals surface area contributed by atoms with E-state index in [-0.39, 0.29) is 11.8 Å². The van der Waals surface area contributed by atoms with Gasteiger partial charge in [-0.3, -0.25) is 4.79 Å². The second-order valence-electron chi connectivity index (χ2n) is 3.70. The van der Waals surface area contributed by atoms with E-state index < -0.39 is 6.10 Å². The lowest BCUT2D eigenvalue weighted by atomic mass is 10.0. The first kappa shape index (κ1) is 14.4. The number of carbonyl (C=O) groups excluding carboxylic acids is 1. The highest BCUT2D eigenvalue weighted by Crippen LogP contribution is 2.05. The smallest absolute Gasteiger partial charge is 0.222 e. The third-order valence-electron chi connectivity index (χ3n) is 2.49. The van der Waals surface area contributed by atoms with E-state index in [2.05, 4.69) is 5.32 Å². The molecule has 0 aromatic carbocycles. The molecule has 1 amide bonds. The van der Waals surface area contributed by atoms with Crippen molar-refractivity contribution in [1.29, 1.82) is 0 Å². The first-order valence-electron chi connectivity index (χ1n) is 5.64. The monoisotopic (exact) mass is 217 g/mol. The zero-order chi connectivity index (χ0) is 11.7. The molecule has 0 aromatic heterocycles. The average molecular weight is 217 g/mol. The van der Waals surface area contributed by atoms with E-state index >= 15 is 0 Å². The Hall–Kier alpha value is -0.610. The molecule has 2 atom stereocenters. The summed E-state index contributed by atoms with van der Waals surface area (Å²) in [6.45, 7) is 7.29. The molecule has 4 nitrogen and oxygen atoms in total. The summed E-state index contributed by atoms with van der Waals surface area (Å²) in [6, 6.07) is 0. The van der Waals surface area contributed by atoms with Crippen LogP contribution in [0.5, 0.6) is 0 Å². The van der Waals surface area contributed by atoms with Crippen LogP contribution in [0.4, 0.5) is 0 Å². The van der Waals surface area contributed by atoms with E-state index in [9.17, 15) is 9.90 Å². The third kappa shape index (κ3) is 7.33. The molecule has 0 radical (unpaired) electrons. The number of aliphatic hydroxyl groups is 1. The predicted molar refractivity (Wildman–Crippen MR) is 59.6 cm³/mol. The number of hydrogen-bond donors (Lipinski definition) is 2. The molecule has 2 N–H and O–H groups in total. The van der Waals surface area contributed by atoms with Crippen molar-refractivity contribution in [3.8, 4) is 0 Å². The molecule has 0 saturated carbocycles. The maximum Gasteiger partial charge on any atom is 0.222 e. The molecule has 0 aliphatic carbocycles. The lowest BCUT2D eigenvalue weighted by molar-refractivity contribution is -0.122. The van der Waals surface area contributed by atoms with Gasteiger partial charge in [-0.2, -0.15) is 0 Å². The summed E-state index contributed by atoms with van der Waals surface area (Å²) in [5, 5.41) is 12.3. The van der Waals surface area contributed by atoms with Crippen LogP contribution in [-0.2, 0) is 9.53 Å². The van der Waals surface area contributed by atoms with E-state index in [4.69, 9.17) is 4.74 Å². The standard InChI is InChI=1S/C11H23NO3/c1-4-9(3)10(13)8-12-11(14)6-7-15-5-2/h9-10,13H,4-8H2,1-3H3,(H,12,14). The van der Waals surface area contributed by atoms with Crippen LogP contribution in [0.3, 0.4) is 0 Å². The second kappa shape index (κ2) is 8.68. The number of carbonyl (C=O) groups is 1. The van der Waals surface area contributed by atoms with Gasteiger partial charge in [-0.25, -0.2) is 0 Å². The highest BCUT2D eigenvalue weighted by Gasteiger charge is 2.12. The Morgan fingerprint density at radius 3 is 2.67 bits per heavy atom. The molecule has 0 bridgehead atoms. The van der Waals surface area contributed by atoms with Crippen molar-refractivity contribution in [2.24, 2.45) is 5.92 Å². The van der Waals surface area contributed by atoms with Crippen LogP contribution in [-0.4, -0.2) is 36.9 Å². The van der Waals surface area contributed by atoms with Crippen molar-refractivity contribution in [3.05, 3.63) is 0 Å². The van der Waals surface area contributed by atoms with Crippen molar-refractivity contribution in [2.45, 2.75) is 39.7 Å². The Bertz CT molecular complexity index is 173. The molecule has 0 aliphatic heterocycles. The van der Waals surface area contributed by atoms with Gasteiger partial charge in [0.25, 0.3) is 0 Å². The van der Waals surface area contributed by atoms with Crippen molar-refractivity contribution in [1.82, 2.24) is 5.32 Å². The predicted octanol–water partition coefficient (Wildman–Crippen LogP) is 0.936. The minimum absolute atomic E-state index is 0.0641. The number of aliphatic hydroxyl groups excluding tert-OH is 1. The van der Waals surface area contributed by atoms with Gasteiger partial charge in [-0.05, 0) is 12.8 Å². The maximum absolute atomic E-state index is 11.2. The fourth-order valence-electron chi connectivity index (χ4n) is 1.09. The van der Waals surface area contributed by atoms with Crippen LogP contribution >= 0.6 is 0 Å². The van der Waals surface area contributed by atoms with Gasteiger partial charge in [-0.1, -0.05) is 20.3 Å². The Kier molecular flexibility index (Phi) is 8.33. The number of nitrogens with one attached hydrogen (secondary N) is 1. The van der Waals surface area contributed by atoms with Gasteiger partial charge in [0.2, 0.25) is 5.91 Å². The summed E-state index contributed by atoms with van der Waals surface area (Å²) in [6.07, 6.45) is 0.822. The van der Waals surface area contributed by atoms with Crippen LogP contribution in [0.15, 0.2) is 0 Å². The van der Waals surface area contributed by atoms with Gasteiger partial charge in [0.05, 0.1) is 12.7 Å². The normalized spacial score (nSPS) is 14.7. The van der Waals surface area contributed by atoms with Gasteiger partial charge in [-0.15, -0.1) is 0 Å². The molecule has 0 aromatic rings. The van der Waals surface area contributed by atoms with Gasteiger partial charge in [0.1, 0.15) is 0 Å². The molecule has 0 fully saturated rings. The number of amides is 1. The molecule has 90 valence electrons. The molecule has 0 rings (SSSR count). The van der Waals surface area contributed by atoms with Crippen molar-refractivity contribution >= 4 is 5.91 Å². The fraction of sp³-hybridized carbons (Fsp3) is 0.909. The third-order valence-corrected chi connectivity index (χ3v) is 2.49. The Balaban J connectivity index is 3.52. The van der Waals surface area contributed by atoms with Gasteiger partial charge in [0.15, 0.2) is 0 Å². The largest absolute Gasteiger partial charge is 0.391 e. The van der Waals surface area contributed by atoms with E-state index in [0.29, 0.717) is 26.2 Å². The minimum atomic E-state index is -0.453. The van der Waals surface area contributed by atoms with E-state index in [1.54, 1.807) is 0 Å². The maximum atomic E-state index is 11.2. The number of ether oxygens (including phenoxy) is 1. The molecule has 0 spiro atoms. The first-order valence-corrected chi connectivity index (χ1v) is 5.64. The van der Waals surface area contributed by atoms with Crippen LogP contribution < -0.4 is 5.32 Å². The van der Waals surface area contributed by atoms with Gasteiger partial charge < -0.3 is 15.2 Å². The number of hydrogen-bond acceptors (Lipinski definition) is 3. The summed E-state index contributed by atoms with van der Waals surface area (Å²) in [4.78, 5) is 11.2. The summed E-state index contributed by atoms with van der Waals surface area (Å²) >= 11 is 0. The van der Waals surface area contributed by atoms with Crippen LogP contribution in [0.25, 0.3) is 0 Å². The van der Waals surface area contributed by atoms with E-state index in [1.807, 2.05) is 20.8 Å². The summed E-state index contributed by atoms with van der Waals surface area (Å²) in [7, 11) is 0. The first-order chi connectivity index (χ1) is 7.11. The lowest BCUT2D eigenvalue weighted by Gasteiger charge is -2.17.